The quantitative estimate of drug-likeness (QED) is 0.173. The lowest BCUT2D eigenvalue weighted by atomic mass is 9.99. The molecular weight excluding hydrogens is 613 g/mol. The van der Waals surface area contributed by atoms with Crippen molar-refractivity contribution in [2.24, 2.45) is 0 Å². The summed E-state index contributed by atoms with van der Waals surface area (Å²) >= 11 is 0. The van der Waals surface area contributed by atoms with Crippen molar-refractivity contribution in [1.29, 1.82) is 0 Å². The van der Waals surface area contributed by atoms with E-state index in [9.17, 15) is 0 Å². The summed E-state index contributed by atoms with van der Waals surface area (Å²) in [4.78, 5) is 19.6. The summed E-state index contributed by atoms with van der Waals surface area (Å²) in [6.07, 6.45) is 4.88. The Hall–Kier alpha value is -6.92. The predicted octanol–water partition coefficient (Wildman–Crippen LogP) is 10.8. The Morgan fingerprint density at radius 3 is 1.80 bits per heavy atom. The minimum atomic E-state index is 0.638. The van der Waals surface area contributed by atoms with Crippen LogP contribution in [0.15, 0.2) is 183 Å². The Labute approximate surface area is 289 Å². The van der Waals surface area contributed by atoms with E-state index in [1.807, 2.05) is 24.4 Å². The summed E-state index contributed by atoms with van der Waals surface area (Å²) in [5.74, 6) is 0.638. The molecule has 50 heavy (non-hydrogen) atoms. The molecule has 0 fully saturated rings. The second-order valence-corrected chi connectivity index (χ2v) is 12.0. The van der Waals surface area contributed by atoms with Crippen molar-refractivity contribution in [2.75, 3.05) is 4.90 Å². The summed E-state index contributed by atoms with van der Waals surface area (Å²) in [6.45, 7) is 0. The molecule has 0 aliphatic rings. The van der Waals surface area contributed by atoms with Crippen molar-refractivity contribution in [3.8, 4) is 39.5 Å². The van der Waals surface area contributed by atoms with Gasteiger partial charge in [-0.2, -0.15) is 0 Å². The molecule has 3 heterocycles. The van der Waals surface area contributed by atoms with E-state index in [0.29, 0.717) is 5.82 Å². The first-order chi connectivity index (χ1) is 24.8. The van der Waals surface area contributed by atoms with Gasteiger partial charge in [0.1, 0.15) is 12.7 Å². The van der Waals surface area contributed by atoms with Gasteiger partial charge < -0.3 is 9.47 Å². The number of anilines is 3. The first kappa shape index (κ1) is 29.2. The van der Waals surface area contributed by atoms with Gasteiger partial charge in [-0.25, -0.2) is 15.0 Å². The standard InChI is InChI=1S/C44H30N6/c1-3-11-31(12-4-1)39-27-37(28-40-38-15-7-8-17-42(38)50(43(39)40)34-13-5-2-6-14-34)49(35-22-18-32(19-23-35)41-16-9-10-26-46-41)36-24-20-33(21-25-36)44-47-29-45-30-48-44/h1-30H. The summed E-state index contributed by atoms with van der Waals surface area (Å²) < 4.78 is 2.40. The molecule has 6 nitrogen and oxygen atoms in total. The first-order valence-corrected chi connectivity index (χ1v) is 16.5. The Kier molecular flexibility index (Phi) is 7.37. The van der Waals surface area contributed by atoms with Crippen LogP contribution < -0.4 is 4.90 Å². The Bertz CT molecular complexity index is 2470. The van der Waals surface area contributed by atoms with Gasteiger partial charge in [-0.3, -0.25) is 4.98 Å². The average molecular weight is 643 g/mol. The number of hydrogen-bond acceptors (Lipinski definition) is 5. The number of aromatic nitrogens is 5. The summed E-state index contributed by atoms with van der Waals surface area (Å²) in [6, 6.07) is 57.6. The minimum Gasteiger partial charge on any atom is -0.310 e. The highest BCUT2D eigenvalue weighted by Gasteiger charge is 2.21. The molecule has 236 valence electrons. The van der Waals surface area contributed by atoms with Gasteiger partial charge in [-0.15, -0.1) is 0 Å². The van der Waals surface area contributed by atoms with Gasteiger partial charge in [-0.05, 0) is 84.4 Å². The lowest BCUT2D eigenvalue weighted by Crippen LogP contribution is -2.10. The van der Waals surface area contributed by atoms with Crippen molar-refractivity contribution < 1.29 is 0 Å². The van der Waals surface area contributed by atoms with Gasteiger partial charge in [-0.1, -0.05) is 84.9 Å². The van der Waals surface area contributed by atoms with Gasteiger partial charge in [0.2, 0.25) is 0 Å². The van der Waals surface area contributed by atoms with Crippen molar-refractivity contribution in [2.45, 2.75) is 0 Å². The number of hydrogen-bond donors (Lipinski definition) is 0. The molecule has 0 unspecified atom stereocenters. The third-order valence-electron chi connectivity index (χ3n) is 9.07. The first-order valence-electron chi connectivity index (χ1n) is 16.5. The summed E-state index contributed by atoms with van der Waals surface area (Å²) in [5.41, 5.74) is 11.8. The van der Waals surface area contributed by atoms with Crippen molar-refractivity contribution >= 4 is 38.9 Å². The highest BCUT2D eigenvalue weighted by atomic mass is 15.1. The molecule has 9 aromatic rings. The van der Waals surface area contributed by atoms with Crippen molar-refractivity contribution in [1.82, 2.24) is 24.5 Å². The predicted molar refractivity (Wildman–Crippen MR) is 203 cm³/mol. The van der Waals surface area contributed by atoms with Crippen LogP contribution in [0.4, 0.5) is 17.1 Å². The molecule has 6 heteroatoms. The molecule has 0 N–H and O–H groups in total. The third-order valence-corrected chi connectivity index (χ3v) is 9.07. The molecule has 0 radical (unpaired) electrons. The van der Waals surface area contributed by atoms with E-state index in [0.717, 1.165) is 56.2 Å². The third kappa shape index (κ3) is 5.25. The maximum absolute atomic E-state index is 4.58. The maximum Gasteiger partial charge on any atom is 0.162 e. The smallest absolute Gasteiger partial charge is 0.162 e. The fourth-order valence-corrected chi connectivity index (χ4v) is 6.80. The van der Waals surface area contributed by atoms with E-state index >= 15 is 0 Å². The fourth-order valence-electron chi connectivity index (χ4n) is 6.80. The SMILES string of the molecule is c1ccc(-c2cc(N(c3ccc(-c4ccccn4)cc3)c3ccc(-c4ncncn4)cc3)cc3c4ccccc4n(-c4ccccc4)c23)cc1. The van der Waals surface area contributed by atoms with Gasteiger partial charge in [0.15, 0.2) is 5.82 Å². The molecule has 0 bridgehead atoms. The van der Waals surface area contributed by atoms with Crippen LogP contribution in [0.1, 0.15) is 0 Å². The zero-order valence-electron chi connectivity index (χ0n) is 27.0. The lowest BCUT2D eigenvalue weighted by Gasteiger charge is -2.27. The summed E-state index contributed by atoms with van der Waals surface area (Å²) in [7, 11) is 0. The summed E-state index contributed by atoms with van der Waals surface area (Å²) in [5, 5.41) is 2.37. The van der Waals surface area contributed by atoms with E-state index in [2.05, 4.69) is 175 Å². The van der Waals surface area contributed by atoms with Gasteiger partial charge in [0.05, 0.1) is 16.7 Å². The van der Waals surface area contributed by atoms with Crippen LogP contribution in [0.3, 0.4) is 0 Å². The van der Waals surface area contributed by atoms with Crippen LogP contribution in [0.5, 0.6) is 0 Å². The monoisotopic (exact) mass is 642 g/mol. The molecule has 0 atom stereocenters. The van der Waals surface area contributed by atoms with Gasteiger partial charge in [0, 0.05) is 56.4 Å². The van der Waals surface area contributed by atoms with E-state index in [4.69, 9.17) is 0 Å². The molecule has 0 saturated carbocycles. The average Bonchev–Trinajstić information content (AvgIpc) is 3.54. The molecule has 0 spiro atoms. The molecule has 9 rings (SSSR count). The van der Waals surface area contributed by atoms with Crippen LogP contribution >= 0.6 is 0 Å². The van der Waals surface area contributed by atoms with E-state index in [1.54, 1.807) is 0 Å². The topological polar surface area (TPSA) is 59.7 Å². The normalized spacial score (nSPS) is 11.2. The second kappa shape index (κ2) is 12.6. The second-order valence-electron chi connectivity index (χ2n) is 12.0. The number of benzene rings is 6. The molecule has 0 saturated heterocycles. The molecule has 3 aromatic heterocycles. The maximum atomic E-state index is 4.58. The number of pyridine rings is 1. The minimum absolute atomic E-state index is 0.638. The highest BCUT2D eigenvalue weighted by Crippen LogP contribution is 2.44. The van der Waals surface area contributed by atoms with Gasteiger partial charge in [0.25, 0.3) is 0 Å². The molecular formula is C44H30N6. The fraction of sp³-hybridized carbons (Fsp3) is 0. The van der Waals surface area contributed by atoms with Crippen molar-refractivity contribution in [3.63, 3.8) is 0 Å². The van der Waals surface area contributed by atoms with Crippen LogP contribution in [0.25, 0.3) is 61.3 Å². The van der Waals surface area contributed by atoms with Gasteiger partial charge >= 0.3 is 0 Å². The molecule has 0 aliphatic heterocycles. The largest absolute Gasteiger partial charge is 0.310 e. The molecule has 0 amide bonds. The number of rotatable bonds is 7. The number of nitrogens with zero attached hydrogens (tertiary/aromatic N) is 6. The Morgan fingerprint density at radius 2 is 1.10 bits per heavy atom. The number of para-hydroxylation sites is 2. The van der Waals surface area contributed by atoms with Crippen LogP contribution in [0, 0.1) is 0 Å². The van der Waals surface area contributed by atoms with E-state index in [-0.39, 0.29) is 0 Å². The van der Waals surface area contributed by atoms with Crippen LogP contribution in [-0.4, -0.2) is 24.5 Å². The van der Waals surface area contributed by atoms with Crippen molar-refractivity contribution in [3.05, 3.63) is 183 Å². The van der Waals surface area contributed by atoms with Crippen LogP contribution in [0.2, 0.25) is 0 Å². The van der Waals surface area contributed by atoms with E-state index < -0.39 is 0 Å². The number of fused-ring (bicyclic) bond motifs is 3. The molecule has 6 aromatic carbocycles. The van der Waals surface area contributed by atoms with Crippen LogP contribution in [-0.2, 0) is 0 Å². The zero-order valence-corrected chi connectivity index (χ0v) is 27.0. The highest BCUT2D eigenvalue weighted by molar-refractivity contribution is 6.15. The van der Waals surface area contributed by atoms with E-state index in [1.165, 1.54) is 28.9 Å². The molecule has 0 aliphatic carbocycles. The Morgan fingerprint density at radius 1 is 0.460 bits per heavy atom. The Balaban J connectivity index is 1.30. The lowest BCUT2D eigenvalue weighted by molar-refractivity contribution is 1.06. The zero-order chi connectivity index (χ0) is 33.3.